The molecule has 2 heterocycles. The lowest BCUT2D eigenvalue weighted by Gasteiger charge is -2.18. The number of rotatable bonds is 8. The Balaban J connectivity index is 1.95. The molecule has 29 heavy (non-hydrogen) atoms. The van der Waals surface area contributed by atoms with E-state index in [0.717, 1.165) is 11.1 Å². The minimum Gasteiger partial charge on any atom is -0.465 e. The maximum atomic E-state index is 12.6. The third kappa shape index (κ3) is 5.45. The summed E-state index contributed by atoms with van der Waals surface area (Å²) in [7, 11) is 5.09. The van der Waals surface area contributed by atoms with Gasteiger partial charge in [0.1, 0.15) is 16.4 Å². The summed E-state index contributed by atoms with van der Waals surface area (Å²) in [5.74, 6) is 1.18. The van der Waals surface area contributed by atoms with E-state index in [1.54, 1.807) is 12.4 Å². The van der Waals surface area contributed by atoms with Gasteiger partial charge >= 0.3 is 5.97 Å². The summed E-state index contributed by atoms with van der Waals surface area (Å²) in [6, 6.07) is 13.9. The van der Waals surface area contributed by atoms with Crippen LogP contribution in [0.2, 0.25) is 0 Å². The van der Waals surface area contributed by atoms with Crippen LogP contribution in [-0.2, 0) is 17.0 Å². The molecule has 0 atom stereocenters. The van der Waals surface area contributed by atoms with Gasteiger partial charge in [-0.2, -0.15) is 4.98 Å². The number of anilines is 2. The summed E-state index contributed by atoms with van der Waals surface area (Å²) < 4.78 is 5.03. The topological polar surface area (TPSA) is 80.2 Å². The van der Waals surface area contributed by atoms with Gasteiger partial charge in [0.25, 0.3) is 0 Å². The Bertz CT molecular complexity index is 887. The third-order valence-electron chi connectivity index (χ3n) is 4.08. The van der Waals surface area contributed by atoms with E-state index >= 15 is 0 Å². The minimum atomic E-state index is -0.469. The molecule has 0 bridgehead atoms. The lowest BCUT2D eigenvalue weighted by molar-refractivity contribution is 0.0596. The van der Waals surface area contributed by atoms with Crippen molar-refractivity contribution < 1.29 is 9.53 Å². The van der Waals surface area contributed by atoms with Crippen molar-refractivity contribution in [2.24, 2.45) is 0 Å². The predicted molar refractivity (Wildman–Crippen MR) is 115 cm³/mol. The third-order valence-corrected chi connectivity index (χ3v) is 5.13. The largest absolute Gasteiger partial charge is 0.465 e. The SMILES string of the molecule is COC(=O)c1c(NCc2ccncc2)nc(N(C)C)nc1SCc1ccccc1. The van der Waals surface area contributed by atoms with Crippen molar-refractivity contribution in [1.29, 1.82) is 0 Å². The van der Waals surface area contributed by atoms with Crippen LogP contribution in [0.3, 0.4) is 0 Å². The predicted octanol–water partition coefficient (Wildman–Crippen LogP) is 3.63. The highest BCUT2D eigenvalue weighted by Crippen LogP contribution is 2.31. The van der Waals surface area contributed by atoms with E-state index in [1.165, 1.54) is 18.9 Å². The van der Waals surface area contributed by atoms with Crippen LogP contribution in [0.1, 0.15) is 21.5 Å². The molecule has 0 aliphatic carbocycles. The standard InChI is InChI=1S/C21H23N5O2S/c1-26(2)21-24-18(23-13-15-9-11-22-12-10-15)17(20(27)28-3)19(25-21)29-14-16-7-5-4-6-8-16/h4-12H,13-14H2,1-3H3,(H,23,24,25). The number of nitrogens with zero attached hydrogens (tertiary/aromatic N) is 4. The van der Waals surface area contributed by atoms with Gasteiger partial charge < -0.3 is 15.0 Å². The average Bonchev–Trinajstić information content (AvgIpc) is 2.76. The molecule has 7 nitrogen and oxygen atoms in total. The van der Waals surface area contributed by atoms with Crippen molar-refractivity contribution >= 4 is 29.5 Å². The summed E-state index contributed by atoms with van der Waals surface area (Å²) >= 11 is 1.48. The first kappa shape index (κ1) is 20.6. The first-order valence-electron chi connectivity index (χ1n) is 9.05. The molecule has 1 N–H and O–H groups in total. The molecule has 0 saturated heterocycles. The van der Waals surface area contributed by atoms with Crippen LogP contribution in [-0.4, -0.2) is 42.1 Å². The number of ether oxygens (including phenoxy) is 1. The maximum absolute atomic E-state index is 12.6. The first-order valence-corrected chi connectivity index (χ1v) is 10.0. The quantitative estimate of drug-likeness (QED) is 0.343. The van der Waals surface area contributed by atoms with Gasteiger partial charge in [0.15, 0.2) is 0 Å². The van der Waals surface area contributed by atoms with Crippen molar-refractivity contribution in [3.8, 4) is 0 Å². The Morgan fingerprint density at radius 2 is 1.79 bits per heavy atom. The number of thioether (sulfide) groups is 1. The molecule has 3 rings (SSSR count). The normalized spacial score (nSPS) is 10.4. The fraction of sp³-hybridized carbons (Fsp3) is 0.238. The van der Waals surface area contributed by atoms with Gasteiger partial charge in [0.2, 0.25) is 5.95 Å². The summed E-state index contributed by atoms with van der Waals surface area (Å²) in [5.41, 5.74) is 2.51. The van der Waals surface area contributed by atoms with Crippen LogP contribution in [0.5, 0.6) is 0 Å². The van der Waals surface area contributed by atoms with Gasteiger partial charge in [-0.1, -0.05) is 30.3 Å². The molecule has 0 radical (unpaired) electrons. The number of pyridine rings is 1. The number of esters is 1. The van der Waals surface area contributed by atoms with Crippen LogP contribution in [0, 0.1) is 0 Å². The van der Waals surface area contributed by atoms with Gasteiger partial charge in [0.05, 0.1) is 7.11 Å². The van der Waals surface area contributed by atoms with Crippen LogP contribution in [0.4, 0.5) is 11.8 Å². The Kier molecular flexibility index (Phi) is 7.02. The second kappa shape index (κ2) is 9.88. The van der Waals surface area contributed by atoms with E-state index in [4.69, 9.17) is 4.74 Å². The van der Waals surface area contributed by atoms with E-state index in [9.17, 15) is 4.79 Å². The number of aromatic nitrogens is 3. The molecule has 150 valence electrons. The molecular weight excluding hydrogens is 386 g/mol. The highest BCUT2D eigenvalue weighted by molar-refractivity contribution is 7.98. The van der Waals surface area contributed by atoms with Gasteiger partial charge in [-0.25, -0.2) is 9.78 Å². The van der Waals surface area contributed by atoms with Crippen molar-refractivity contribution in [2.75, 3.05) is 31.4 Å². The molecule has 0 amide bonds. The lowest BCUT2D eigenvalue weighted by atomic mass is 10.2. The van der Waals surface area contributed by atoms with Crippen molar-refractivity contribution in [3.63, 3.8) is 0 Å². The number of methoxy groups -OCH3 is 1. The number of carbonyl (C=O) groups is 1. The minimum absolute atomic E-state index is 0.341. The first-order chi connectivity index (χ1) is 14.1. The van der Waals surface area contributed by atoms with E-state index in [1.807, 2.05) is 61.5 Å². The highest BCUT2D eigenvalue weighted by atomic mass is 32.2. The second-order valence-electron chi connectivity index (χ2n) is 6.42. The smallest absolute Gasteiger partial charge is 0.344 e. The van der Waals surface area contributed by atoms with Crippen LogP contribution in [0.15, 0.2) is 59.9 Å². The van der Waals surface area contributed by atoms with Crippen molar-refractivity contribution in [2.45, 2.75) is 17.3 Å². The summed E-state index contributed by atoms with van der Waals surface area (Å²) in [5, 5.41) is 3.84. The molecule has 0 unspecified atom stereocenters. The molecular formula is C21H23N5O2S. The highest BCUT2D eigenvalue weighted by Gasteiger charge is 2.23. The molecule has 2 aromatic heterocycles. The summed E-state index contributed by atoms with van der Waals surface area (Å²) in [6.45, 7) is 0.499. The van der Waals surface area contributed by atoms with Gasteiger partial charge in [0, 0.05) is 38.8 Å². The summed E-state index contributed by atoms with van der Waals surface area (Å²) in [6.07, 6.45) is 3.45. The Hall–Kier alpha value is -3.13. The molecule has 1 aromatic carbocycles. The zero-order valence-electron chi connectivity index (χ0n) is 16.6. The molecule has 0 spiro atoms. The number of carbonyl (C=O) groups excluding carboxylic acids is 1. The molecule has 0 aliphatic heterocycles. The fourth-order valence-corrected chi connectivity index (χ4v) is 3.53. The van der Waals surface area contributed by atoms with Crippen LogP contribution in [0.25, 0.3) is 0 Å². The molecule has 0 fully saturated rings. The van der Waals surface area contributed by atoms with E-state index < -0.39 is 5.97 Å². The zero-order chi connectivity index (χ0) is 20.6. The van der Waals surface area contributed by atoms with Gasteiger partial charge in [-0.3, -0.25) is 4.98 Å². The van der Waals surface area contributed by atoms with E-state index in [0.29, 0.717) is 34.7 Å². The Morgan fingerprint density at radius 3 is 2.45 bits per heavy atom. The zero-order valence-corrected chi connectivity index (χ0v) is 17.4. The molecule has 0 saturated carbocycles. The second-order valence-corrected chi connectivity index (χ2v) is 7.39. The number of benzene rings is 1. The van der Waals surface area contributed by atoms with E-state index in [-0.39, 0.29) is 0 Å². The Labute approximate surface area is 174 Å². The molecule has 3 aromatic rings. The van der Waals surface area contributed by atoms with Gasteiger partial charge in [-0.05, 0) is 23.3 Å². The average molecular weight is 410 g/mol. The Morgan fingerprint density at radius 1 is 1.07 bits per heavy atom. The summed E-state index contributed by atoms with van der Waals surface area (Å²) in [4.78, 5) is 27.6. The molecule has 0 aliphatic rings. The fourth-order valence-electron chi connectivity index (χ4n) is 2.56. The van der Waals surface area contributed by atoms with E-state index in [2.05, 4.69) is 20.3 Å². The lowest BCUT2D eigenvalue weighted by Crippen LogP contribution is -2.18. The number of hydrogen-bond donors (Lipinski definition) is 1. The van der Waals surface area contributed by atoms with Crippen LogP contribution < -0.4 is 10.2 Å². The number of hydrogen-bond acceptors (Lipinski definition) is 8. The monoisotopic (exact) mass is 409 g/mol. The van der Waals surface area contributed by atoms with Crippen molar-refractivity contribution in [1.82, 2.24) is 15.0 Å². The van der Waals surface area contributed by atoms with Crippen molar-refractivity contribution in [3.05, 3.63) is 71.5 Å². The maximum Gasteiger partial charge on any atom is 0.344 e. The van der Waals surface area contributed by atoms with Crippen LogP contribution >= 0.6 is 11.8 Å². The number of nitrogens with one attached hydrogen (secondary N) is 1. The van der Waals surface area contributed by atoms with Gasteiger partial charge in [-0.15, -0.1) is 11.8 Å². The molecule has 8 heteroatoms.